The number of hydrogen-bond donors (Lipinski definition) is 4. The van der Waals surface area contributed by atoms with Crippen molar-refractivity contribution in [1.29, 1.82) is 0 Å². The summed E-state index contributed by atoms with van der Waals surface area (Å²) in [7, 11) is 3.64. The van der Waals surface area contributed by atoms with Gasteiger partial charge in [0.2, 0.25) is 0 Å². The fourth-order valence-corrected chi connectivity index (χ4v) is 6.83. The minimum atomic E-state index is 0.285. The Morgan fingerprint density at radius 1 is 0.679 bits per heavy atom. The first-order valence-electron chi connectivity index (χ1n) is 8.38. The molecular formula is C18H20Br4N2O2S2. The van der Waals surface area contributed by atoms with Gasteiger partial charge in [0, 0.05) is 57.8 Å². The van der Waals surface area contributed by atoms with Crippen molar-refractivity contribution in [2.45, 2.75) is 13.1 Å². The highest BCUT2D eigenvalue weighted by Crippen LogP contribution is 2.32. The van der Waals surface area contributed by atoms with Gasteiger partial charge >= 0.3 is 0 Å². The predicted octanol–water partition coefficient (Wildman–Crippen LogP) is 6.41. The summed E-state index contributed by atoms with van der Waals surface area (Å²) < 4.78 is 3.27. The van der Waals surface area contributed by atoms with Gasteiger partial charge in [-0.25, -0.2) is 0 Å². The van der Waals surface area contributed by atoms with Gasteiger partial charge in [-0.2, -0.15) is 0 Å². The van der Waals surface area contributed by atoms with E-state index >= 15 is 0 Å². The molecule has 0 aliphatic rings. The molecule has 2 aromatic carbocycles. The standard InChI is InChI=1S/C18H20Br4N2O2S2/c19-13-5-11(17(25)15(21)7-13)9-23-1-3-27-28-4-2-24-10-12-6-14(20)8-16(22)18(12)26/h5-8,23-26H,1-4,9-10H2. The normalized spacial score (nSPS) is 11.1. The number of hydrogen-bond acceptors (Lipinski definition) is 6. The Labute approximate surface area is 206 Å². The van der Waals surface area contributed by atoms with Crippen LogP contribution in [0.3, 0.4) is 0 Å². The molecule has 0 amide bonds. The zero-order valence-electron chi connectivity index (χ0n) is 14.8. The van der Waals surface area contributed by atoms with Crippen LogP contribution in [0.5, 0.6) is 11.5 Å². The maximum Gasteiger partial charge on any atom is 0.134 e. The Morgan fingerprint density at radius 3 is 1.46 bits per heavy atom. The molecule has 0 heterocycles. The van der Waals surface area contributed by atoms with Crippen LogP contribution >= 0.6 is 85.3 Å². The summed E-state index contributed by atoms with van der Waals surface area (Å²) in [5.41, 5.74) is 1.73. The lowest BCUT2D eigenvalue weighted by Crippen LogP contribution is -2.17. The zero-order valence-corrected chi connectivity index (χ0v) is 22.8. The number of halogens is 4. The largest absolute Gasteiger partial charge is 0.506 e. The van der Waals surface area contributed by atoms with Crippen molar-refractivity contribution in [3.63, 3.8) is 0 Å². The molecule has 10 heteroatoms. The van der Waals surface area contributed by atoms with Crippen molar-refractivity contribution in [2.24, 2.45) is 0 Å². The van der Waals surface area contributed by atoms with Gasteiger partial charge in [0.15, 0.2) is 0 Å². The third kappa shape index (κ3) is 8.37. The maximum absolute atomic E-state index is 10.0. The molecule has 154 valence electrons. The Balaban J connectivity index is 1.54. The highest BCUT2D eigenvalue weighted by Gasteiger charge is 2.08. The van der Waals surface area contributed by atoms with E-state index in [4.69, 9.17) is 0 Å². The monoisotopic (exact) mass is 676 g/mol. The summed E-state index contributed by atoms with van der Waals surface area (Å²) in [5, 5.41) is 26.8. The van der Waals surface area contributed by atoms with Crippen LogP contribution in [0.4, 0.5) is 0 Å². The molecule has 0 bridgehead atoms. The van der Waals surface area contributed by atoms with Gasteiger partial charge in [0.25, 0.3) is 0 Å². The second-order valence-electron chi connectivity index (χ2n) is 5.79. The first-order chi connectivity index (χ1) is 13.4. The first kappa shape index (κ1) is 24.8. The van der Waals surface area contributed by atoms with E-state index in [0.717, 1.165) is 44.7 Å². The molecule has 4 nitrogen and oxygen atoms in total. The first-order valence-corrected chi connectivity index (χ1v) is 14.0. The van der Waals surface area contributed by atoms with Crippen LogP contribution < -0.4 is 10.6 Å². The van der Waals surface area contributed by atoms with Crippen LogP contribution in [0.2, 0.25) is 0 Å². The molecule has 0 saturated heterocycles. The van der Waals surface area contributed by atoms with Crippen molar-refractivity contribution in [2.75, 3.05) is 24.6 Å². The molecule has 0 unspecified atom stereocenters. The van der Waals surface area contributed by atoms with Crippen molar-refractivity contribution < 1.29 is 10.2 Å². The van der Waals surface area contributed by atoms with Gasteiger partial charge < -0.3 is 20.8 Å². The Kier molecular flexibility index (Phi) is 11.6. The number of rotatable bonds is 11. The average Bonchev–Trinajstić information content (AvgIpc) is 2.64. The van der Waals surface area contributed by atoms with Gasteiger partial charge in [-0.3, -0.25) is 0 Å². The molecule has 0 spiro atoms. The highest BCUT2D eigenvalue weighted by atomic mass is 79.9. The molecule has 0 saturated carbocycles. The number of aromatic hydroxyl groups is 2. The molecule has 0 radical (unpaired) electrons. The molecule has 0 atom stereocenters. The molecule has 0 aliphatic carbocycles. The van der Waals surface area contributed by atoms with Gasteiger partial charge in [-0.05, 0) is 56.1 Å². The van der Waals surface area contributed by atoms with Crippen molar-refractivity contribution in [3.05, 3.63) is 53.3 Å². The van der Waals surface area contributed by atoms with Gasteiger partial charge in [-0.15, -0.1) is 0 Å². The second kappa shape index (κ2) is 13.1. The molecule has 0 aliphatic heterocycles. The minimum absolute atomic E-state index is 0.285. The highest BCUT2D eigenvalue weighted by molar-refractivity contribution is 9.11. The van der Waals surface area contributed by atoms with Gasteiger partial charge in [0.05, 0.1) is 8.95 Å². The number of benzene rings is 2. The van der Waals surface area contributed by atoms with E-state index < -0.39 is 0 Å². The lowest BCUT2D eigenvalue weighted by molar-refractivity contribution is 0.461. The Bertz CT molecular complexity index is 731. The fourth-order valence-electron chi connectivity index (χ4n) is 2.30. The van der Waals surface area contributed by atoms with Crippen LogP contribution in [-0.2, 0) is 13.1 Å². The quantitative estimate of drug-likeness (QED) is 0.163. The predicted molar refractivity (Wildman–Crippen MR) is 135 cm³/mol. The topological polar surface area (TPSA) is 64.5 Å². The number of phenolic OH excluding ortho intramolecular Hbond substituents is 2. The van der Waals surface area contributed by atoms with E-state index in [1.807, 2.05) is 45.9 Å². The molecule has 0 fully saturated rings. The molecule has 28 heavy (non-hydrogen) atoms. The average molecular weight is 680 g/mol. The second-order valence-corrected chi connectivity index (χ2v) is 12.0. The van der Waals surface area contributed by atoms with Gasteiger partial charge in [-0.1, -0.05) is 53.4 Å². The summed E-state index contributed by atoms with van der Waals surface area (Å²) >= 11 is 13.6. The van der Waals surface area contributed by atoms with E-state index in [9.17, 15) is 10.2 Å². The lowest BCUT2D eigenvalue weighted by Gasteiger charge is -2.10. The Morgan fingerprint density at radius 2 is 1.07 bits per heavy atom. The van der Waals surface area contributed by atoms with E-state index in [1.54, 1.807) is 0 Å². The number of phenols is 2. The van der Waals surface area contributed by atoms with Crippen LogP contribution in [0.1, 0.15) is 11.1 Å². The summed E-state index contributed by atoms with van der Waals surface area (Å²) in [6.07, 6.45) is 0. The minimum Gasteiger partial charge on any atom is -0.506 e. The van der Waals surface area contributed by atoms with Crippen LogP contribution in [0.25, 0.3) is 0 Å². The van der Waals surface area contributed by atoms with Crippen molar-refractivity contribution in [1.82, 2.24) is 10.6 Å². The van der Waals surface area contributed by atoms with Crippen LogP contribution in [-0.4, -0.2) is 34.8 Å². The third-order valence-electron chi connectivity index (χ3n) is 3.65. The van der Waals surface area contributed by atoms with E-state index in [1.165, 1.54) is 0 Å². The SMILES string of the molecule is Oc1c(Br)cc(Br)cc1CNCCSSCCNCc1cc(Br)cc(Br)c1O. The summed E-state index contributed by atoms with van der Waals surface area (Å²) in [4.78, 5) is 0. The van der Waals surface area contributed by atoms with Crippen LogP contribution in [0.15, 0.2) is 42.2 Å². The van der Waals surface area contributed by atoms with E-state index in [-0.39, 0.29) is 11.5 Å². The zero-order chi connectivity index (χ0) is 20.5. The lowest BCUT2D eigenvalue weighted by atomic mass is 10.2. The van der Waals surface area contributed by atoms with E-state index in [2.05, 4.69) is 74.4 Å². The summed E-state index contributed by atoms with van der Waals surface area (Å²) in [6, 6.07) is 7.50. The fraction of sp³-hybridized carbons (Fsp3) is 0.333. The summed E-state index contributed by atoms with van der Waals surface area (Å²) in [5.74, 6) is 2.54. The molecule has 4 N–H and O–H groups in total. The van der Waals surface area contributed by atoms with Crippen LogP contribution in [0, 0.1) is 0 Å². The molecule has 0 aromatic heterocycles. The molecular weight excluding hydrogens is 660 g/mol. The van der Waals surface area contributed by atoms with E-state index in [0.29, 0.717) is 22.0 Å². The Hall–Kier alpha value is 0.580. The third-order valence-corrected chi connectivity index (χ3v) is 8.19. The number of nitrogens with one attached hydrogen (secondary N) is 2. The molecule has 2 aromatic rings. The smallest absolute Gasteiger partial charge is 0.134 e. The van der Waals surface area contributed by atoms with Gasteiger partial charge in [0.1, 0.15) is 11.5 Å². The maximum atomic E-state index is 10.0. The molecule has 2 rings (SSSR count). The summed E-state index contributed by atoms with van der Waals surface area (Å²) in [6.45, 7) is 2.99. The van der Waals surface area contributed by atoms with Crippen molar-refractivity contribution >= 4 is 85.3 Å². The van der Waals surface area contributed by atoms with Crippen molar-refractivity contribution in [3.8, 4) is 11.5 Å².